The Kier molecular flexibility index (Phi) is 7.21. The van der Waals surface area contributed by atoms with Crippen LogP contribution in [0.25, 0.3) is 0 Å². The van der Waals surface area contributed by atoms with Crippen molar-refractivity contribution in [2.75, 3.05) is 26.1 Å². The molecule has 182 valence electrons. The van der Waals surface area contributed by atoms with Crippen molar-refractivity contribution in [1.82, 2.24) is 4.90 Å². The highest BCUT2D eigenvalue weighted by molar-refractivity contribution is 7.12. The van der Waals surface area contributed by atoms with Gasteiger partial charge in [0, 0.05) is 16.3 Å². The highest BCUT2D eigenvalue weighted by Crippen LogP contribution is 2.43. The standard InChI is InChI=1S/C27H28N2O5S/c1-5-19-16(2)35-24-20(19)13-14-29(23(24)17-9-7-6-8-10-17)27(32)28-22-15-18(25(30)33-3)11-12-21(22)26(31)34-4/h6-12,15,23H,5,13-14H2,1-4H3,(H,28,32)/t23-/m1/s1. The third-order valence-electron chi connectivity index (χ3n) is 6.33. The number of carbonyl (C=O) groups is 3. The van der Waals surface area contributed by atoms with Gasteiger partial charge in [0.1, 0.15) is 0 Å². The second-order valence-electron chi connectivity index (χ2n) is 8.26. The van der Waals surface area contributed by atoms with Crippen molar-refractivity contribution in [2.24, 2.45) is 0 Å². The summed E-state index contributed by atoms with van der Waals surface area (Å²) in [5.41, 5.74) is 4.28. The summed E-state index contributed by atoms with van der Waals surface area (Å²) in [5.74, 6) is -1.18. The van der Waals surface area contributed by atoms with Crippen LogP contribution in [0, 0.1) is 6.92 Å². The minimum absolute atomic E-state index is 0.155. The Labute approximate surface area is 208 Å². The van der Waals surface area contributed by atoms with E-state index in [2.05, 4.69) is 19.2 Å². The van der Waals surface area contributed by atoms with E-state index < -0.39 is 11.9 Å². The fourth-order valence-corrected chi connectivity index (χ4v) is 6.11. The lowest BCUT2D eigenvalue weighted by Gasteiger charge is -2.36. The van der Waals surface area contributed by atoms with Gasteiger partial charge in [-0.05, 0) is 54.7 Å². The molecule has 0 spiro atoms. The summed E-state index contributed by atoms with van der Waals surface area (Å²) in [6.45, 7) is 4.82. The summed E-state index contributed by atoms with van der Waals surface area (Å²) < 4.78 is 9.68. The third kappa shape index (κ3) is 4.66. The molecule has 0 unspecified atom stereocenters. The third-order valence-corrected chi connectivity index (χ3v) is 7.57. The maximum absolute atomic E-state index is 13.7. The van der Waals surface area contributed by atoms with E-state index in [1.54, 1.807) is 16.2 Å². The molecule has 4 rings (SSSR count). The Morgan fingerprint density at radius 2 is 1.77 bits per heavy atom. The first-order valence-electron chi connectivity index (χ1n) is 11.4. The van der Waals surface area contributed by atoms with Crippen LogP contribution in [-0.4, -0.2) is 43.6 Å². The molecule has 8 heteroatoms. The van der Waals surface area contributed by atoms with Crippen molar-refractivity contribution < 1.29 is 23.9 Å². The number of aryl methyl sites for hydroxylation is 1. The Bertz CT molecular complexity index is 1270. The molecule has 0 saturated carbocycles. The van der Waals surface area contributed by atoms with Crippen molar-refractivity contribution in [3.8, 4) is 0 Å². The van der Waals surface area contributed by atoms with E-state index >= 15 is 0 Å². The SMILES string of the molecule is CCc1c(C)sc2c1CCN(C(=O)Nc1cc(C(=O)OC)ccc1C(=O)OC)[C@@H]2c1ccccc1. The number of esters is 2. The molecule has 35 heavy (non-hydrogen) atoms. The number of benzene rings is 2. The molecule has 2 amide bonds. The van der Waals surface area contributed by atoms with Gasteiger partial charge in [-0.25, -0.2) is 14.4 Å². The highest BCUT2D eigenvalue weighted by Gasteiger charge is 2.35. The lowest BCUT2D eigenvalue weighted by atomic mass is 9.92. The van der Waals surface area contributed by atoms with E-state index in [9.17, 15) is 14.4 Å². The number of fused-ring (bicyclic) bond motifs is 1. The number of ether oxygens (including phenoxy) is 2. The van der Waals surface area contributed by atoms with Crippen LogP contribution in [0.1, 0.15) is 60.1 Å². The number of nitrogens with one attached hydrogen (secondary N) is 1. The molecule has 2 aromatic carbocycles. The molecule has 1 aromatic heterocycles. The molecule has 2 heterocycles. The van der Waals surface area contributed by atoms with Crippen molar-refractivity contribution in [1.29, 1.82) is 0 Å². The normalized spacial score (nSPS) is 14.7. The van der Waals surface area contributed by atoms with E-state index in [4.69, 9.17) is 9.47 Å². The summed E-state index contributed by atoms with van der Waals surface area (Å²) in [5, 5.41) is 2.86. The number of rotatable bonds is 5. The second kappa shape index (κ2) is 10.3. The Morgan fingerprint density at radius 1 is 1.06 bits per heavy atom. The minimum atomic E-state index is -0.612. The zero-order valence-corrected chi connectivity index (χ0v) is 21.0. The van der Waals surface area contributed by atoms with Gasteiger partial charge in [0.2, 0.25) is 0 Å². The zero-order chi connectivity index (χ0) is 25.1. The fraction of sp³-hybridized carbons (Fsp3) is 0.296. The molecule has 1 aliphatic rings. The first kappa shape index (κ1) is 24.5. The molecule has 3 aromatic rings. The predicted octanol–water partition coefficient (Wildman–Crippen LogP) is 5.37. The van der Waals surface area contributed by atoms with E-state index in [0.29, 0.717) is 6.54 Å². The molecule has 1 aliphatic heterocycles. The molecule has 1 N–H and O–H groups in total. The van der Waals surface area contributed by atoms with Gasteiger partial charge in [-0.2, -0.15) is 0 Å². The van der Waals surface area contributed by atoms with Crippen LogP contribution in [0.3, 0.4) is 0 Å². The quantitative estimate of drug-likeness (QED) is 0.484. The van der Waals surface area contributed by atoms with Gasteiger partial charge < -0.3 is 19.7 Å². The number of urea groups is 1. The van der Waals surface area contributed by atoms with E-state index in [1.807, 2.05) is 30.3 Å². The smallest absolute Gasteiger partial charge is 0.339 e. The van der Waals surface area contributed by atoms with Gasteiger partial charge in [-0.3, -0.25) is 0 Å². The molecule has 0 radical (unpaired) electrons. The summed E-state index contributed by atoms with van der Waals surface area (Å²) in [7, 11) is 2.54. The van der Waals surface area contributed by atoms with Crippen molar-refractivity contribution in [2.45, 2.75) is 32.7 Å². The molecule has 0 aliphatic carbocycles. The monoisotopic (exact) mass is 492 g/mol. The number of carbonyl (C=O) groups excluding carboxylic acids is 3. The average Bonchev–Trinajstić information content (AvgIpc) is 3.22. The van der Waals surface area contributed by atoms with Crippen LogP contribution in [0.15, 0.2) is 48.5 Å². The summed E-state index contributed by atoms with van der Waals surface area (Å²) in [6.07, 6.45) is 1.71. The first-order chi connectivity index (χ1) is 16.9. The van der Waals surface area contributed by atoms with Gasteiger partial charge >= 0.3 is 18.0 Å². The molecule has 0 saturated heterocycles. The van der Waals surface area contributed by atoms with Crippen LogP contribution in [0.4, 0.5) is 10.5 Å². The van der Waals surface area contributed by atoms with Gasteiger partial charge in [0.05, 0.1) is 37.1 Å². The fourth-order valence-electron chi connectivity index (χ4n) is 4.66. The van der Waals surface area contributed by atoms with Gasteiger partial charge in [0.25, 0.3) is 0 Å². The molecular formula is C27H28N2O5S. The summed E-state index contributed by atoms with van der Waals surface area (Å²) in [4.78, 5) is 42.4. The first-order valence-corrected chi connectivity index (χ1v) is 12.3. The largest absolute Gasteiger partial charge is 0.465 e. The lowest BCUT2D eigenvalue weighted by molar-refractivity contribution is 0.0587. The molecule has 0 bridgehead atoms. The van der Waals surface area contributed by atoms with E-state index in [1.165, 1.54) is 53.3 Å². The number of nitrogens with zero attached hydrogens (tertiary/aromatic N) is 1. The Hall–Kier alpha value is -3.65. The highest BCUT2D eigenvalue weighted by atomic mass is 32.1. The number of anilines is 1. The van der Waals surface area contributed by atoms with Crippen LogP contribution >= 0.6 is 11.3 Å². The molecule has 7 nitrogen and oxygen atoms in total. The number of hydrogen-bond acceptors (Lipinski definition) is 6. The van der Waals surface area contributed by atoms with Crippen LogP contribution in [0.5, 0.6) is 0 Å². The maximum Gasteiger partial charge on any atom is 0.339 e. The van der Waals surface area contributed by atoms with Crippen LogP contribution < -0.4 is 5.32 Å². The number of amides is 2. The Morgan fingerprint density at radius 3 is 2.43 bits per heavy atom. The van der Waals surface area contributed by atoms with E-state index in [-0.39, 0.29) is 28.9 Å². The molecule has 0 fully saturated rings. The van der Waals surface area contributed by atoms with Crippen LogP contribution in [-0.2, 0) is 22.3 Å². The van der Waals surface area contributed by atoms with Gasteiger partial charge in [-0.15, -0.1) is 11.3 Å². The predicted molar refractivity (Wildman–Crippen MR) is 135 cm³/mol. The number of methoxy groups -OCH3 is 2. The molecule has 1 atom stereocenters. The van der Waals surface area contributed by atoms with E-state index in [0.717, 1.165) is 18.4 Å². The van der Waals surface area contributed by atoms with Crippen molar-refractivity contribution in [3.63, 3.8) is 0 Å². The van der Waals surface area contributed by atoms with Crippen LogP contribution in [0.2, 0.25) is 0 Å². The topological polar surface area (TPSA) is 84.9 Å². The maximum atomic E-state index is 13.7. The van der Waals surface area contributed by atoms with Crippen molar-refractivity contribution >= 4 is 35.0 Å². The Balaban J connectivity index is 1.74. The second-order valence-corrected chi connectivity index (χ2v) is 9.52. The zero-order valence-electron chi connectivity index (χ0n) is 20.2. The lowest BCUT2D eigenvalue weighted by Crippen LogP contribution is -2.42. The minimum Gasteiger partial charge on any atom is -0.465 e. The molecular weight excluding hydrogens is 464 g/mol. The van der Waals surface area contributed by atoms with Crippen molar-refractivity contribution in [3.05, 3.63) is 86.1 Å². The summed E-state index contributed by atoms with van der Waals surface area (Å²) >= 11 is 1.74. The average molecular weight is 493 g/mol. The van der Waals surface area contributed by atoms with Gasteiger partial charge in [-0.1, -0.05) is 37.3 Å². The van der Waals surface area contributed by atoms with Gasteiger partial charge in [0.15, 0.2) is 0 Å². The number of thiophene rings is 1. The number of hydrogen-bond donors (Lipinski definition) is 1. The summed E-state index contributed by atoms with van der Waals surface area (Å²) in [6, 6.07) is 13.7.